The van der Waals surface area contributed by atoms with E-state index in [1.54, 1.807) is 24.3 Å². The largest absolute Gasteiger partial charge is 0.357 e. The minimum Gasteiger partial charge on any atom is -0.357 e. The number of halogens is 1. The van der Waals surface area contributed by atoms with Crippen molar-refractivity contribution in [1.29, 1.82) is 0 Å². The van der Waals surface area contributed by atoms with Crippen molar-refractivity contribution in [3.8, 4) is 0 Å². The van der Waals surface area contributed by atoms with E-state index in [4.69, 9.17) is 11.6 Å². The third-order valence-corrected chi connectivity index (χ3v) is 4.17. The van der Waals surface area contributed by atoms with Gasteiger partial charge in [-0.25, -0.2) is 4.90 Å². The number of hydrogen-bond donors (Lipinski definition) is 1. The second kappa shape index (κ2) is 5.73. The molecule has 4 nitrogen and oxygen atoms in total. The Morgan fingerprint density at radius 2 is 2.22 bits per heavy atom. The molecule has 0 unspecified atom stereocenters. The first-order valence-corrected chi connectivity index (χ1v) is 7.09. The van der Waals surface area contributed by atoms with Gasteiger partial charge in [-0.05, 0) is 18.2 Å². The fourth-order valence-corrected chi connectivity index (χ4v) is 2.99. The van der Waals surface area contributed by atoms with Gasteiger partial charge in [0.1, 0.15) is 0 Å². The molecular weight excluding hydrogens is 272 g/mol. The standard InChI is InChI=1S/C12H13ClN2O2S/c13-8-2-1-3-9(6-8)15-11(16)7-10(12(15)17)18-5-4-14/h1-3,6,10H,4-5,7,14H2/p+1/t10-/m0/s1. The van der Waals surface area contributed by atoms with Crippen LogP contribution in [0.4, 0.5) is 5.69 Å². The third kappa shape index (κ3) is 2.68. The maximum absolute atomic E-state index is 12.2. The van der Waals surface area contributed by atoms with Gasteiger partial charge in [0.25, 0.3) is 0 Å². The smallest absolute Gasteiger partial charge is 0.247 e. The number of amides is 2. The Labute approximate surface area is 114 Å². The first kappa shape index (κ1) is 13.4. The second-order valence-corrected chi connectivity index (χ2v) is 5.71. The van der Waals surface area contributed by atoms with E-state index in [2.05, 4.69) is 5.73 Å². The van der Waals surface area contributed by atoms with Gasteiger partial charge in [-0.15, -0.1) is 11.8 Å². The van der Waals surface area contributed by atoms with Crippen LogP contribution in [0.5, 0.6) is 0 Å². The molecule has 96 valence electrons. The fourth-order valence-electron chi connectivity index (χ4n) is 1.85. The highest BCUT2D eigenvalue weighted by molar-refractivity contribution is 8.00. The molecule has 0 aliphatic carbocycles. The SMILES string of the molecule is [NH3+]CCS[C@H]1CC(=O)N(c2cccc(Cl)c2)C1=O. The van der Waals surface area contributed by atoms with Crippen LogP contribution in [0.2, 0.25) is 5.02 Å². The first-order chi connectivity index (χ1) is 8.63. The van der Waals surface area contributed by atoms with Crippen LogP contribution in [0.1, 0.15) is 6.42 Å². The number of quaternary nitrogens is 1. The predicted molar refractivity (Wildman–Crippen MR) is 72.6 cm³/mol. The summed E-state index contributed by atoms with van der Waals surface area (Å²) >= 11 is 7.37. The average molecular weight is 286 g/mol. The molecule has 2 amide bonds. The van der Waals surface area contributed by atoms with Crippen molar-refractivity contribution in [2.24, 2.45) is 0 Å². The summed E-state index contributed by atoms with van der Waals surface area (Å²) in [6.07, 6.45) is 0.260. The highest BCUT2D eigenvalue weighted by Gasteiger charge is 2.39. The maximum Gasteiger partial charge on any atom is 0.247 e. The van der Waals surface area contributed by atoms with Gasteiger partial charge in [0.2, 0.25) is 11.8 Å². The zero-order valence-electron chi connectivity index (χ0n) is 9.77. The summed E-state index contributed by atoms with van der Waals surface area (Å²) in [5.41, 5.74) is 4.28. The average Bonchev–Trinajstić information content (AvgIpc) is 2.62. The van der Waals surface area contributed by atoms with Gasteiger partial charge in [0.05, 0.1) is 17.5 Å². The number of carbonyl (C=O) groups excluding carboxylic acids is 2. The molecule has 1 heterocycles. The molecule has 2 rings (SSSR count). The van der Waals surface area contributed by atoms with E-state index in [1.807, 2.05) is 0 Å². The monoisotopic (exact) mass is 285 g/mol. The molecule has 18 heavy (non-hydrogen) atoms. The Hall–Kier alpha value is -1.04. The van der Waals surface area contributed by atoms with Gasteiger partial charge >= 0.3 is 0 Å². The van der Waals surface area contributed by atoms with Crippen LogP contribution in [-0.2, 0) is 9.59 Å². The molecule has 1 atom stereocenters. The van der Waals surface area contributed by atoms with Crippen molar-refractivity contribution >= 4 is 40.9 Å². The second-order valence-electron chi connectivity index (χ2n) is 3.96. The summed E-state index contributed by atoms with van der Waals surface area (Å²) in [6.45, 7) is 0.750. The molecule has 1 fully saturated rings. The normalized spacial score (nSPS) is 19.7. The van der Waals surface area contributed by atoms with Gasteiger partial charge in [-0.3, -0.25) is 9.59 Å². The number of rotatable bonds is 4. The minimum atomic E-state index is -0.279. The summed E-state index contributed by atoms with van der Waals surface area (Å²) in [7, 11) is 0. The van der Waals surface area contributed by atoms with E-state index >= 15 is 0 Å². The lowest BCUT2D eigenvalue weighted by atomic mass is 10.3. The molecule has 1 aromatic rings. The number of imide groups is 1. The molecule has 1 aliphatic rings. The lowest BCUT2D eigenvalue weighted by Crippen LogP contribution is -2.51. The quantitative estimate of drug-likeness (QED) is 0.838. The molecule has 1 aromatic carbocycles. The molecule has 0 bridgehead atoms. The molecule has 0 saturated carbocycles. The van der Waals surface area contributed by atoms with Crippen molar-refractivity contribution in [1.82, 2.24) is 0 Å². The molecule has 0 aromatic heterocycles. The summed E-state index contributed by atoms with van der Waals surface area (Å²) in [4.78, 5) is 25.3. The van der Waals surface area contributed by atoms with E-state index in [9.17, 15) is 9.59 Å². The van der Waals surface area contributed by atoms with Crippen molar-refractivity contribution in [3.05, 3.63) is 29.3 Å². The zero-order valence-corrected chi connectivity index (χ0v) is 11.3. The van der Waals surface area contributed by atoms with E-state index in [-0.39, 0.29) is 23.5 Å². The molecular formula is C12H14ClN2O2S+. The maximum atomic E-state index is 12.2. The van der Waals surface area contributed by atoms with Crippen molar-refractivity contribution < 1.29 is 15.3 Å². The first-order valence-electron chi connectivity index (χ1n) is 5.66. The van der Waals surface area contributed by atoms with Gasteiger partial charge in [0, 0.05) is 17.2 Å². The van der Waals surface area contributed by atoms with Crippen LogP contribution in [0, 0.1) is 0 Å². The van der Waals surface area contributed by atoms with Crippen molar-refractivity contribution in [2.45, 2.75) is 11.7 Å². The number of nitrogens with zero attached hydrogens (tertiary/aromatic N) is 1. The molecule has 0 spiro atoms. The van der Waals surface area contributed by atoms with Gasteiger partial charge in [-0.2, -0.15) is 0 Å². The van der Waals surface area contributed by atoms with Crippen LogP contribution in [0.25, 0.3) is 0 Å². The number of carbonyl (C=O) groups is 2. The van der Waals surface area contributed by atoms with E-state index in [0.29, 0.717) is 10.7 Å². The van der Waals surface area contributed by atoms with Crippen molar-refractivity contribution in [3.63, 3.8) is 0 Å². The van der Waals surface area contributed by atoms with Gasteiger partial charge in [-0.1, -0.05) is 17.7 Å². The topological polar surface area (TPSA) is 65.0 Å². The highest BCUT2D eigenvalue weighted by Crippen LogP contribution is 2.30. The van der Waals surface area contributed by atoms with Gasteiger partial charge in [0.15, 0.2) is 0 Å². The summed E-state index contributed by atoms with van der Waals surface area (Å²) < 4.78 is 0. The Bertz CT molecular complexity index is 481. The molecule has 3 N–H and O–H groups in total. The Morgan fingerprint density at radius 1 is 1.44 bits per heavy atom. The van der Waals surface area contributed by atoms with Crippen LogP contribution in [0.15, 0.2) is 24.3 Å². The summed E-state index contributed by atoms with van der Waals surface area (Å²) in [5.74, 6) is 0.470. The Balaban J connectivity index is 2.19. The number of hydrogen-bond acceptors (Lipinski definition) is 3. The molecule has 0 radical (unpaired) electrons. The fraction of sp³-hybridized carbons (Fsp3) is 0.333. The lowest BCUT2D eigenvalue weighted by Gasteiger charge is -2.14. The van der Waals surface area contributed by atoms with E-state index in [0.717, 1.165) is 12.3 Å². The number of benzene rings is 1. The van der Waals surface area contributed by atoms with Crippen LogP contribution >= 0.6 is 23.4 Å². The molecule has 1 aliphatic heterocycles. The van der Waals surface area contributed by atoms with Crippen molar-refractivity contribution in [2.75, 3.05) is 17.2 Å². The molecule has 6 heteroatoms. The Kier molecular flexibility index (Phi) is 4.27. The van der Waals surface area contributed by atoms with E-state index < -0.39 is 0 Å². The number of thioether (sulfide) groups is 1. The predicted octanol–water partition coefficient (Wildman–Crippen LogP) is 0.947. The van der Waals surface area contributed by atoms with Crippen LogP contribution in [0.3, 0.4) is 0 Å². The third-order valence-electron chi connectivity index (χ3n) is 2.64. The summed E-state index contributed by atoms with van der Waals surface area (Å²) in [6, 6.07) is 6.79. The van der Waals surface area contributed by atoms with Crippen LogP contribution in [-0.4, -0.2) is 29.4 Å². The molecule has 1 saturated heterocycles. The van der Waals surface area contributed by atoms with Gasteiger partial charge < -0.3 is 5.73 Å². The summed E-state index contributed by atoms with van der Waals surface area (Å²) in [5, 5.41) is 0.236. The van der Waals surface area contributed by atoms with E-state index in [1.165, 1.54) is 16.7 Å². The highest BCUT2D eigenvalue weighted by atomic mass is 35.5. The minimum absolute atomic E-state index is 0.152. The zero-order chi connectivity index (χ0) is 13.1. The number of anilines is 1. The lowest BCUT2D eigenvalue weighted by molar-refractivity contribution is -0.360. The van der Waals surface area contributed by atoms with Crippen LogP contribution < -0.4 is 10.6 Å². The Morgan fingerprint density at radius 3 is 2.89 bits per heavy atom.